The van der Waals surface area contributed by atoms with Gasteiger partial charge >= 0.3 is 12.4 Å². The number of pyridine rings is 1. The molecule has 39 heavy (non-hydrogen) atoms. The summed E-state index contributed by atoms with van der Waals surface area (Å²) < 4.78 is 99.9. The molecule has 210 valence electrons. The Morgan fingerprint density at radius 3 is 2.49 bits per heavy atom. The molecule has 0 bridgehead atoms. The molecular weight excluding hydrogens is 557 g/mol. The van der Waals surface area contributed by atoms with Crippen LogP contribution in [-0.2, 0) is 12.6 Å². The highest BCUT2D eigenvalue weighted by Gasteiger charge is 2.37. The second-order valence-electron chi connectivity index (χ2n) is 8.78. The van der Waals surface area contributed by atoms with E-state index in [1.54, 1.807) is 6.92 Å². The molecule has 16 heteroatoms. The predicted octanol–water partition coefficient (Wildman–Crippen LogP) is 4.85. The molecular formula is C23H21F7N6O2S. The molecule has 4 heterocycles. The fourth-order valence-electron chi connectivity index (χ4n) is 3.93. The van der Waals surface area contributed by atoms with E-state index < -0.39 is 49.3 Å². The Labute approximate surface area is 221 Å². The standard InChI is InChI=1S/C23H21F7N6O2S/c1-12-20(17(39-35-12)6-14-8-32-18(9-31-14)23(28,29)30)21(37)34-13-2-3-19(33-7-13)38-16-4-5-36(10-15(16)24)11-22(25,26)27/h2-3,7-9,15-16H,4-6,10-11H2,1H3,(H,34,37)/t15-,16+/m1/s1. The van der Waals surface area contributed by atoms with Gasteiger partial charge in [-0.2, -0.15) is 30.7 Å². The average Bonchev–Trinajstić information content (AvgIpc) is 3.20. The summed E-state index contributed by atoms with van der Waals surface area (Å²) in [7, 11) is 0. The molecule has 0 unspecified atom stereocenters. The van der Waals surface area contributed by atoms with Gasteiger partial charge in [-0.15, -0.1) is 0 Å². The normalized spacial score (nSPS) is 18.7. The van der Waals surface area contributed by atoms with Crippen molar-refractivity contribution in [1.82, 2.24) is 24.2 Å². The van der Waals surface area contributed by atoms with Crippen LogP contribution in [-0.4, -0.2) is 68.2 Å². The van der Waals surface area contributed by atoms with Crippen molar-refractivity contribution < 1.29 is 40.3 Å². The number of ether oxygens (including phenoxy) is 1. The van der Waals surface area contributed by atoms with Gasteiger partial charge in [0.2, 0.25) is 5.88 Å². The van der Waals surface area contributed by atoms with Crippen molar-refractivity contribution in [3.8, 4) is 5.88 Å². The van der Waals surface area contributed by atoms with E-state index in [0.717, 1.165) is 22.6 Å². The highest BCUT2D eigenvalue weighted by Crippen LogP contribution is 2.28. The number of carbonyl (C=O) groups is 1. The Hall–Kier alpha value is -3.40. The lowest BCUT2D eigenvalue weighted by molar-refractivity contribution is -0.153. The first kappa shape index (κ1) is 28.6. The summed E-state index contributed by atoms with van der Waals surface area (Å²) in [6.45, 7) is 0.0289. The van der Waals surface area contributed by atoms with Crippen molar-refractivity contribution in [1.29, 1.82) is 0 Å². The van der Waals surface area contributed by atoms with Crippen molar-refractivity contribution >= 4 is 23.1 Å². The Morgan fingerprint density at radius 2 is 1.90 bits per heavy atom. The highest BCUT2D eigenvalue weighted by molar-refractivity contribution is 7.06. The summed E-state index contributed by atoms with van der Waals surface area (Å²) in [6, 6.07) is 2.85. The molecule has 0 aliphatic carbocycles. The topological polar surface area (TPSA) is 93.1 Å². The van der Waals surface area contributed by atoms with Crippen molar-refractivity contribution in [3.63, 3.8) is 0 Å². The third kappa shape index (κ3) is 7.59. The number of carbonyl (C=O) groups excluding carboxylic acids is 1. The average molecular weight is 579 g/mol. The number of nitrogens with one attached hydrogen (secondary N) is 1. The second kappa shape index (κ2) is 11.4. The van der Waals surface area contributed by atoms with Crippen LogP contribution in [0.2, 0.25) is 0 Å². The fraction of sp³-hybridized carbons (Fsp3) is 0.435. The highest BCUT2D eigenvalue weighted by atomic mass is 32.1. The molecule has 1 aliphatic rings. The maximum absolute atomic E-state index is 14.4. The first-order valence-electron chi connectivity index (χ1n) is 11.5. The summed E-state index contributed by atoms with van der Waals surface area (Å²) in [4.78, 5) is 25.6. The van der Waals surface area contributed by atoms with Crippen molar-refractivity contribution in [2.75, 3.05) is 25.0 Å². The number of hydrogen-bond acceptors (Lipinski definition) is 8. The zero-order valence-electron chi connectivity index (χ0n) is 20.2. The minimum atomic E-state index is -4.62. The van der Waals surface area contributed by atoms with Crippen LogP contribution in [0.1, 0.15) is 38.7 Å². The minimum Gasteiger partial charge on any atom is -0.471 e. The van der Waals surface area contributed by atoms with Gasteiger partial charge in [0, 0.05) is 43.1 Å². The summed E-state index contributed by atoms with van der Waals surface area (Å²) in [5, 5.41) is 2.65. The number of piperidine rings is 1. The number of hydrogen-bond donors (Lipinski definition) is 1. The lowest BCUT2D eigenvalue weighted by Crippen LogP contribution is -2.49. The Morgan fingerprint density at radius 1 is 1.13 bits per heavy atom. The number of rotatable bonds is 7. The number of amides is 1. The summed E-state index contributed by atoms with van der Waals surface area (Å²) in [6.07, 6.45) is -8.65. The summed E-state index contributed by atoms with van der Waals surface area (Å²) in [5.41, 5.74) is 0.00640. The predicted molar refractivity (Wildman–Crippen MR) is 125 cm³/mol. The molecule has 0 aromatic carbocycles. The van der Waals surface area contributed by atoms with Crippen LogP contribution in [0.25, 0.3) is 0 Å². The van der Waals surface area contributed by atoms with Gasteiger partial charge in [-0.25, -0.2) is 14.4 Å². The van der Waals surface area contributed by atoms with Crippen LogP contribution in [0.4, 0.5) is 36.4 Å². The number of aryl methyl sites for hydroxylation is 1. The zero-order valence-corrected chi connectivity index (χ0v) is 21.0. The number of likely N-dealkylation sites (tertiary alicyclic amines) is 1. The third-order valence-electron chi connectivity index (χ3n) is 5.73. The van der Waals surface area contributed by atoms with E-state index in [0.29, 0.717) is 16.8 Å². The van der Waals surface area contributed by atoms with Gasteiger partial charge in [-0.1, -0.05) is 0 Å². The Bertz CT molecular complexity index is 1280. The largest absolute Gasteiger partial charge is 0.471 e. The molecule has 1 aliphatic heterocycles. The third-order valence-corrected chi connectivity index (χ3v) is 6.67. The van der Waals surface area contributed by atoms with Crippen LogP contribution < -0.4 is 10.1 Å². The minimum absolute atomic E-state index is 0.0210. The van der Waals surface area contributed by atoms with E-state index in [1.165, 1.54) is 18.3 Å². The van der Waals surface area contributed by atoms with Gasteiger partial charge in [0.05, 0.1) is 41.6 Å². The Balaban J connectivity index is 1.36. The molecule has 0 saturated carbocycles. The SMILES string of the molecule is Cc1nsc(Cc2cnc(C(F)(F)F)cn2)c1C(=O)Nc1ccc(O[C@H]2CCN(CC(F)(F)F)C[C@H]2F)nc1. The number of alkyl halides is 7. The number of anilines is 1. The second-order valence-corrected chi connectivity index (χ2v) is 9.64. The first-order valence-corrected chi connectivity index (χ1v) is 12.3. The molecule has 1 amide bonds. The fourth-order valence-corrected chi connectivity index (χ4v) is 4.82. The quantitative estimate of drug-likeness (QED) is 0.401. The Kier molecular flexibility index (Phi) is 8.34. The van der Waals surface area contributed by atoms with Crippen LogP contribution in [0.5, 0.6) is 5.88 Å². The zero-order chi connectivity index (χ0) is 28.4. The van der Waals surface area contributed by atoms with Gasteiger partial charge < -0.3 is 10.1 Å². The van der Waals surface area contributed by atoms with E-state index in [9.17, 15) is 35.5 Å². The van der Waals surface area contributed by atoms with Gasteiger partial charge in [-0.05, 0) is 24.5 Å². The molecule has 1 N–H and O–H groups in total. The molecule has 1 fully saturated rings. The van der Waals surface area contributed by atoms with Crippen LogP contribution in [0.3, 0.4) is 0 Å². The lowest BCUT2D eigenvalue weighted by Gasteiger charge is -2.34. The summed E-state index contributed by atoms with van der Waals surface area (Å²) in [5.74, 6) is -0.493. The van der Waals surface area contributed by atoms with Gasteiger partial charge in [0.1, 0.15) is 12.3 Å². The van der Waals surface area contributed by atoms with E-state index in [4.69, 9.17) is 4.74 Å². The van der Waals surface area contributed by atoms with Crippen molar-refractivity contribution in [3.05, 3.63) is 58.2 Å². The number of aromatic nitrogens is 4. The lowest BCUT2D eigenvalue weighted by atomic mass is 10.1. The van der Waals surface area contributed by atoms with Gasteiger partial charge in [0.15, 0.2) is 5.69 Å². The number of halogens is 7. The van der Waals surface area contributed by atoms with Crippen LogP contribution in [0.15, 0.2) is 30.7 Å². The maximum Gasteiger partial charge on any atom is 0.434 e. The molecule has 3 aromatic heterocycles. The molecule has 8 nitrogen and oxygen atoms in total. The molecule has 0 spiro atoms. The molecule has 2 atom stereocenters. The molecule has 3 aromatic rings. The van der Waals surface area contributed by atoms with E-state index in [2.05, 4.69) is 24.6 Å². The van der Waals surface area contributed by atoms with Gasteiger partial charge in [-0.3, -0.25) is 14.7 Å². The molecule has 4 rings (SSSR count). The van der Waals surface area contributed by atoms with Crippen molar-refractivity contribution in [2.45, 2.75) is 44.4 Å². The number of nitrogens with zero attached hydrogens (tertiary/aromatic N) is 5. The maximum atomic E-state index is 14.4. The van der Waals surface area contributed by atoms with Crippen LogP contribution >= 0.6 is 11.5 Å². The van der Waals surface area contributed by atoms with Gasteiger partial charge in [0.25, 0.3) is 5.91 Å². The van der Waals surface area contributed by atoms with Crippen LogP contribution in [0, 0.1) is 6.92 Å². The monoisotopic (exact) mass is 578 g/mol. The molecule has 0 radical (unpaired) electrons. The smallest absolute Gasteiger partial charge is 0.434 e. The summed E-state index contributed by atoms with van der Waals surface area (Å²) >= 11 is 1.01. The first-order chi connectivity index (χ1) is 18.3. The van der Waals surface area contributed by atoms with E-state index in [1.807, 2.05) is 0 Å². The van der Waals surface area contributed by atoms with E-state index >= 15 is 0 Å². The van der Waals surface area contributed by atoms with Crippen molar-refractivity contribution in [2.24, 2.45) is 0 Å². The van der Waals surface area contributed by atoms with E-state index in [-0.39, 0.29) is 42.2 Å². The molecule has 1 saturated heterocycles.